The highest BCUT2D eigenvalue weighted by Gasteiger charge is 2.09. The van der Waals surface area contributed by atoms with Gasteiger partial charge in [-0.2, -0.15) is 0 Å². The summed E-state index contributed by atoms with van der Waals surface area (Å²) in [6.07, 6.45) is 0. The molecule has 0 aromatic carbocycles. The molecule has 0 radical (unpaired) electrons. The number of thiophene rings is 1. The van der Waals surface area contributed by atoms with Gasteiger partial charge in [0, 0.05) is 10.2 Å². The van der Waals surface area contributed by atoms with E-state index in [0.29, 0.717) is 11.0 Å². The van der Waals surface area contributed by atoms with Crippen LogP contribution in [0.2, 0.25) is 5.15 Å². The molecule has 0 bridgehead atoms. The van der Waals surface area contributed by atoms with Crippen LogP contribution in [-0.2, 0) is 0 Å². The van der Waals surface area contributed by atoms with Gasteiger partial charge in [-0.3, -0.25) is 0 Å². The van der Waals surface area contributed by atoms with Crippen molar-refractivity contribution in [3.05, 3.63) is 31.2 Å². The number of hydrogen-bond donors (Lipinski definition) is 0. The molecule has 0 saturated carbocycles. The standard InChI is InChI=1S/C9H5Br2ClN2S/c1-4-2-7(12)14-9(13-4)6-3-5(10)8(11)15-6/h2-3H,1H3. The van der Waals surface area contributed by atoms with E-state index in [-0.39, 0.29) is 0 Å². The van der Waals surface area contributed by atoms with E-state index in [4.69, 9.17) is 11.6 Å². The van der Waals surface area contributed by atoms with Crippen LogP contribution >= 0.6 is 54.8 Å². The van der Waals surface area contributed by atoms with Crippen molar-refractivity contribution in [2.45, 2.75) is 6.92 Å². The third-order valence-corrected chi connectivity index (χ3v) is 5.13. The maximum absolute atomic E-state index is 5.88. The first-order valence-corrected chi connectivity index (χ1v) is 6.80. The van der Waals surface area contributed by atoms with E-state index in [1.54, 1.807) is 17.4 Å². The molecule has 0 aliphatic rings. The molecule has 0 amide bonds. The first-order chi connectivity index (χ1) is 7.06. The highest BCUT2D eigenvalue weighted by Crippen LogP contribution is 2.37. The molecule has 0 saturated heterocycles. The van der Waals surface area contributed by atoms with E-state index in [2.05, 4.69) is 41.8 Å². The van der Waals surface area contributed by atoms with Crippen LogP contribution in [0.25, 0.3) is 10.7 Å². The maximum atomic E-state index is 5.88. The molecule has 0 aliphatic heterocycles. The molecule has 0 fully saturated rings. The summed E-state index contributed by atoms with van der Waals surface area (Å²) in [5.74, 6) is 0.663. The fourth-order valence-electron chi connectivity index (χ4n) is 1.10. The predicted molar refractivity (Wildman–Crippen MR) is 70.5 cm³/mol. The largest absolute Gasteiger partial charge is 0.233 e. The summed E-state index contributed by atoms with van der Waals surface area (Å²) in [4.78, 5) is 9.50. The summed E-state index contributed by atoms with van der Waals surface area (Å²) in [7, 11) is 0. The Labute approximate surface area is 113 Å². The lowest BCUT2D eigenvalue weighted by atomic mass is 10.4. The van der Waals surface area contributed by atoms with E-state index in [0.717, 1.165) is 18.8 Å². The Morgan fingerprint density at radius 3 is 2.53 bits per heavy atom. The molecule has 0 aliphatic carbocycles. The molecule has 0 unspecified atom stereocenters. The van der Waals surface area contributed by atoms with Crippen molar-refractivity contribution in [2.24, 2.45) is 0 Å². The number of aromatic nitrogens is 2. The zero-order valence-electron chi connectivity index (χ0n) is 7.59. The molecule has 2 aromatic rings. The van der Waals surface area contributed by atoms with Crippen LogP contribution in [0.15, 0.2) is 20.4 Å². The lowest BCUT2D eigenvalue weighted by molar-refractivity contribution is 1.12. The second kappa shape index (κ2) is 4.49. The van der Waals surface area contributed by atoms with Crippen LogP contribution < -0.4 is 0 Å². The molecule has 2 nitrogen and oxygen atoms in total. The molecule has 2 rings (SSSR count). The second-order valence-corrected chi connectivity index (χ2v) is 6.50. The van der Waals surface area contributed by atoms with E-state index in [1.807, 2.05) is 13.0 Å². The molecule has 0 spiro atoms. The number of aryl methyl sites for hydroxylation is 1. The van der Waals surface area contributed by atoms with E-state index in [1.165, 1.54) is 0 Å². The molecular formula is C9H5Br2ClN2S. The van der Waals surface area contributed by atoms with Crippen LogP contribution in [0, 0.1) is 6.92 Å². The normalized spacial score (nSPS) is 10.7. The third-order valence-electron chi connectivity index (χ3n) is 1.69. The molecule has 0 N–H and O–H groups in total. The van der Waals surface area contributed by atoms with Crippen LogP contribution in [0.5, 0.6) is 0 Å². The van der Waals surface area contributed by atoms with Gasteiger partial charge in [0.2, 0.25) is 0 Å². The number of nitrogens with zero attached hydrogens (tertiary/aromatic N) is 2. The highest BCUT2D eigenvalue weighted by molar-refractivity contribution is 9.13. The van der Waals surface area contributed by atoms with Crippen LogP contribution in [0.4, 0.5) is 0 Å². The first kappa shape index (κ1) is 11.5. The van der Waals surface area contributed by atoms with Gasteiger partial charge in [0.15, 0.2) is 5.82 Å². The lowest BCUT2D eigenvalue weighted by Crippen LogP contribution is -1.89. The average molecular weight is 368 g/mol. The van der Waals surface area contributed by atoms with Crippen molar-refractivity contribution >= 4 is 54.8 Å². The van der Waals surface area contributed by atoms with Crippen molar-refractivity contribution in [1.29, 1.82) is 0 Å². The van der Waals surface area contributed by atoms with Crippen LogP contribution in [0.1, 0.15) is 5.69 Å². The number of rotatable bonds is 1. The second-order valence-electron chi connectivity index (χ2n) is 2.89. The summed E-state index contributed by atoms with van der Waals surface area (Å²) in [5.41, 5.74) is 0.866. The van der Waals surface area contributed by atoms with Crippen molar-refractivity contribution in [2.75, 3.05) is 0 Å². The minimum absolute atomic E-state index is 0.471. The molecule has 6 heteroatoms. The van der Waals surface area contributed by atoms with Crippen molar-refractivity contribution in [3.8, 4) is 10.7 Å². The van der Waals surface area contributed by atoms with E-state index >= 15 is 0 Å². The average Bonchev–Trinajstić information content (AvgIpc) is 2.45. The molecule has 78 valence electrons. The molecule has 2 aromatic heterocycles. The highest BCUT2D eigenvalue weighted by atomic mass is 79.9. The molecule has 2 heterocycles. The monoisotopic (exact) mass is 366 g/mol. The van der Waals surface area contributed by atoms with E-state index < -0.39 is 0 Å². The Balaban J connectivity index is 2.53. The topological polar surface area (TPSA) is 25.8 Å². The smallest absolute Gasteiger partial charge is 0.171 e. The van der Waals surface area contributed by atoms with Gasteiger partial charge in [0.25, 0.3) is 0 Å². The van der Waals surface area contributed by atoms with Crippen molar-refractivity contribution < 1.29 is 0 Å². The Hall–Kier alpha value is 0.0300. The number of halogens is 3. The van der Waals surface area contributed by atoms with Crippen LogP contribution in [0.3, 0.4) is 0 Å². The van der Waals surface area contributed by atoms with Gasteiger partial charge >= 0.3 is 0 Å². The van der Waals surface area contributed by atoms with Gasteiger partial charge in [-0.05, 0) is 50.9 Å². The Morgan fingerprint density at radius 1 is 1.27 bits per heavy atom. The third kappa shape index (κ3) is 2.58. The minimum atomic E-state index is 0.471. The first-order valence-electron chi connectivity index (χ1n) is 4.02. The minimum Gasteiger partial charge on any atom is -0.233 e. The fraction of sp³-hybridized carbons (Fsp3) is 0.111. The zero-order valence-corrected chi connectivity index (χ0v) is 12.3. The van der Waals surface area contributed by atoms with Gasteiger partial charge in [0.1, 0.15) is 5.15 Å². The Morgan fingerprint density at radius 2 is 2.00 bits per heavy atom. The SMILES string of the molecule is Cc1cc(Cl)nc(-c2cc(Br)c(Br)s2)n1. The maximum Gasteiger partial charge on any atom is 0.171 e. The van der Waals surface area contributed by atoms with Crippen LogP contribution in [-0.4, -0.2) is 9.97 Å². The summed E-state index contributed by atoms with van der Waals surface area (Å²) < 4.78 is 2.03. The van der Waals surface area contributed by atoms with Gasteiger partial charge in [-0.15, -0.1) is 11.3 Å². The number of hydrogen-bond acceptors (Lipinski definition) is 3. The quantitative estimate of drug-likeness (QED) is 0.683. The lowest BCUT2D eigenvalue weighted by Gasteiger charge is -1.98. The summed E-state index contributed by atoms with van der Waals surface area (Å²) in [5, 5.41) is 0.471. The van der Waals surface area contributed by atoms with E-state index in [9.17, 15) is 0 Å². The molecule has 0 atom stereocenters. The zero-order chi connectivity index (χ0) is 11.0. The Kier molecular flexibility index (Phi) is 3.45. The van der Waals surface area contributed by atoms with Gasteiger partial charge < -0.3 is 0 Å². The van der Waals surface area contributed by atoms with Gasteiger partial charge in [-0.1, -0.05) is 11.6 Å². The fourth-order valence-corrected chi connectivity index (χ4v) is 3.30. The molecular weight excluding hydrogens is 363 g/mol. The Bertz CT molecular complexity index is 473. The van der Waals surface area contributed by atoms with Gasteiger partial charge in [-0.25, -0.2) is 9.97 Å². The predicted octanol–water partition coefficient (Wildman–Crippen LogP) is 4.69. The summed E-state index contributed by atoms with van der Waals surface area (Å²) in [6.45, 7) is 1.90. The summed E-state index contributed by atoms with van der Waals surface area (Å²) in [6, 6.07) is 3.71. The van der Waals surface area contributed by atoms with Gasteiger partial charge in [0.05, 0.1) is 8.66 Å². The van der Waals surface area contributed by atoms with Crippen molar-refractivity contribution in [1.82, 2.24) is 9.97 Å². The molecule has 15 heavy (non-hydrogen) atoms. The summed E-state index contributed by atoms with van der Waals surface area (Å²) >= 11 is 14.3. The van der Waals surface area contributed by atoms with Crippen molar-refractivity contribution in [3.63, 3.8) is 0 Å².